The van der Waals surface area contributed by atoms with Crippen molar-refractivity contribution in [2.75, 3.05) is 0 Å². The van der Waals surface area contributed by atoms with Crippen molar-refractivity contribution >= 4 is 69.5 Å². The lowest BCUT2D eigenvalue weighted by atomic mass is 9.88. The predicted molar refractivity (Wildman–Crippen MR) is 163 cm³/mol. The largest absolute Gasteiger partial charge is 0.352 e. The second-order valence-electron chi connectivity index (χ2n) is 9.76. The molecule has 7 rings (SSSR count). The molecule has 2 aliphatic rings. The standard InChI is InChI=1S/C29H25IN6OS/c37-29(17-4-2-1-3-5-17)33-21-8-19(11-30-12-21)20-9-23-27(35-36-28(23)32-13-20)25-10-22-24(18-6-7-38-16-18)14-31-15-26(22)34-25/h6-17,34H,1-5H2,(H,33,37)(H,32,35,36). The third kappa shape index (κ3) is 4.43. The highest BCUT2D eigenvalue weighted by Gasteiger charge is 2.22. The molecular weight excluding hydrogens is 607 g/mol. The Hall–Kier alpha value is -3.44. The zero-order valence-electron chi connectivity index (χ0n) is 20.5. The van der Waals surface area contributed by atoms with Crippen molar-refractivity contribution in [1.82, 2.24) is 30.5 Å². The summed E-state index contributed by atoms with van der Waals surface area (Å²) in [5.74, 6) is 0.308. The van der Waals surface area contributed by atoms with E-state index in [-0.39, 0.29) is 32.6 Å². The normalized spacial score (nSPS) is 16.3. The Bertz CT molecular complexity index is 1750. The molecule has 7 nitrogen and oxygen atoms in total. The molecule has 5 aromatic heterocycles. The quantitative estimate of drug-likeness (QED) is 0.183. The van der Waals surface area contributed by atoms with E-state index in [0.717, 1.165) is 75.8 Å². The molecule has 1 amide bonds. The van der Waals surface area contributed by atoms with Crippen LogP contribution in [0.1, 0.15) is 37.7 Å². The topological polar surface area (TPSA) is 99.3 Å². The molecule has 9 heteroatoms. The van der Waals surface area contributed by atoms with E-state index >= 15 is 0 Å². The van der Waals surface area contributed by atoms with Gasteiger partial charge in [0.25, 0.3) is 0 Å². The van der Waals surface area contributed by atoms with Crippen LogP contribution in [0.2, 0.25) is 0 Å². The fourth-order valence-corrected chi connectivity index (χ4v) is 7.80. The van der Waals surface area contributed by atoms with Crippen molar-refractivity contribution in [2.45, 2.75) is 32.1 Å². The Balaban J connectivity index is 1.21. The number of fused-ring (bicyclic) bond motifs is 2. The molecule has 6 heterocycles. The van der Waals surface area contributed by atoms with Crippen molar-refractivity contribution in [2.24, 2.45) is 5.92 Å². The second kappa shape index (κ2) is 10.0. The SMILES string of the molecule is O=C(NC1=CC(c2cnc3n[nH]c(-c4cc5c(-c6ccsc6)cncc5[nH]4)c3c2)=CI=C1)C1CCCCC1. The molecule has 0 saturated heterocycles. The molecule has 0 spiro atoms. The lowest BCUT2D eigenvalue weighted by Crippen LogP contribution is -2.31. The summed E-state index contributed by atoms with van der Waals surface area (Å²) in [6.07, 6.45) is 13.3. The summed E-state index contributed by atoms with van der Waals surface area (Å²) >= 11 is 1.38. The van der Waals surface area contributed by atoms with Crippen LogP contribution in [0, 0.1) is 5.92 Å². The van der Waals surface area contributed by atoms with Crippen molar-refractivity contribution in [3.8, 4) is 22.5 Å². The Morgan fingerprint density at radius 2 is 2.00 bits per heavy atom. The zero-order valence-corrected chi connectivity index (χ0v) is 23.5. The number of pyridine rings is 2. The molecule has 1 fully saturated rings. The number of rotatable bonds is 5. The highest BCUT2D eigenvalue weighted by molar-refractivity contribution is 14.2. The van der Waals surface area contributed by atoms with Crippen molar-refractivity contribution in [3.05, 3.63) is 69.0 Å². The van der Waals surface area contributed by atoms with Gasteiger partial charge in [-0.25, -0.2) is 4.98 Å². The van der Waals surface area contributed by atoms with E-state index in [1.165, 1.54) is 12.0 Å². The van der Waals surface area contributed by atoms with E-state index in [1.54, 1.807) is 11.3 Å². The average Bonchev–Trinajstić information content (AvgIpc) is 3.73. The van der Waals surface area contributed by atoms with E-state index in [9.17, 15) is 4.79 Å². The minimum Gasteiger partial charge on any atom is -0.352 e. The van der Waals surface area contributed by atoms with Gasteiger partial charge in [-0.3, -0.25) is 14.9 Å². The highest BCUT2D eigenvalue weighted by atomic mass is 127. The molecule has 0 unspecified atom stereocenters. The monoisotopic (exact) mass is 632 g/mol. The predicted octanol–water partition coefficient (Wildman–Crippen LogP) is 6.94. The van der Waals surface area contributed by atoms with Crippen LogP contribution < -0.4 is 5.32 Å². The molecule has 1 aliphatic heterocycles. The number of nitrogens with zero attached hydrogens (tertiary/aromatic N) is 3. The van der Waals surface area contributed by atoms with Gasteiger partial charge in [0.2, 0.25) is 5.91 Å². The van der Waals surface area contributed by atoms with Crippen LogP contribution in [-0.2, 0) is 4.79 Å². The number of hydrogen-bond acceptors (Lipinski definition) is 5. The maximum Gasteiger partial charge on any atom is 0.227 e. The molecule has 0 atom stereocenters. The Labute approximate surface area is 233 Å². The second-order valence-corrected chi connectivity index (χ2v) is 12.5. The molecule has 5 aromatic rings. The van der Waals surface area contributed by atoms with Gasteiger partial charge in [-0.1, -0.05) is 40.0 Å². The molecule has 3 N–H and O–H groups in total. The van der Waals surface area contributed by atoms with Gasteiger partial charge in [0.1, 0.15) is 0 Å². The lowest BCUT2D eigenvalue weighted by Gasteiger charge is -2.21. The first kappa shape index (κ1) is 23.7. The Morgan fingerprint density at radius 1 is 1.08 bits per heavy atom. The summed E-state index contributed by atoms with van der Waals surface area (Å²) in [6, 6.07) is 6.42. The van der Waals surface area contributed by atoms with Crippen LogP contribution >= 0.6 is 32.1 Å². The van der Waals surface area contributed by atoms with Crippen LogP contribution in [-0.4, -0.2) is 35.1 Å². The van der Waals surface area contributed by atoms with E-state index in [0.29, 0.717) is 5.65 Å². The minimum atomic E-state index is -0.297. The summed E-state index contributed by atoms with van der Waals surface area (Å²) in [5.41, 5.74) is 8.81. The number of allylic oxidation sites excluding steroid dienone is 3. The number of hydrogen-bond donors (Lipinski definition) is 3. The van der Waals surface area contributed by atoms with Crippen LogP contribution in [0.5, 0.6) is 0 Å². The maximum atomic E-state index is 12.8. The number of aromatic nitrogens is 5. The van der Waals surface area contributed by atoms with Gasteiger partial charge in [-0.15, -0.1) is 0 Å². The third-order valence-electron chi connectivity index (χ3n) is 7.31. The molecule has 0 aromatic carbocycles. The number of aromatic amines is 2. The number of halogens is 1. The van der Waals surface area contributed by atoms with E-state index < -0.39 is 0 Å². The summed E-state index contributed by atoms with van der Waals surface area (Å²) in [7, 11) is 0. The average molecular weight is 633 g/mol. The first-order chi connectivity index (χ1) is 18.7. The number of thiophene rings is 1. The summed E-state index contributed by atoms with van der Waals surface area (Å²) in [5, 5.41) is 17.2. The van der Waals surface area contributed by atoms with E-state index in [2.05, 4.69) is 73.6 Å². The first-order valence-corrected chi connectivity index (χ1v) is 16.2. The summed E-state index contributed by atoms with van der Waals surface area (Å²) in [6.45, 7) is 0. The minimum absolute atomic E-state index is 0.142. The molecule has 1 saturated carbocycles. The van der Waals surface area contributed by atoms with Gasteiger partial charge < -0.3 is 10.3 Å². The van der Waals surface area contributed by atoms with Gasteiger partial charge in [-0.05, 0) is 67.1 Å². The fourth-order valence-electron chi connectivity index (χ4n) is 5.31. The lowest BCUT2D eigenvalue weighted by molar-refractivity contribution is -0.125. The van der Waals surface area contributed by atoms with Gasteiger partial charge in [-0.2, -0.15) is 16.4 Å². The van der Waals surface area contributed by atoms with Gasteiger partial charge in [0, 0.05) is 45.9 Å². The Morgan fingerprint density at radius 3 is 2.87 bits per heavy atom. The smallest absolute Gasteiger partial charge is 0.227 e. The Kier molecular flexibility index (Phi) is 6.24. The fraction of sp³-hybridized carbons (Fsp3) is 0.207. The molecule has 190 valence electrons. The van der Waals surface area contributed by atoms with Crippen LogP contribution in [0.4, 0.5) is 0 Å². The number of carbonyl (C=O) groups excluding carboxylic acids is 1. The molecule has 0 radical (unpaired) electrons. The highest BCUT2D eigenvalue weighted by Crippen LogP contribution is 2.35. The van der Waals surface area contributed by atoms with Crippen LogP contribution in [0.15, 0.2) is 63.4 Å². The molecular formula is C29H25IN6OS. The summed E-state index contributed by atoms with van der Waals surface area (Å²) in [4.78, 5) is 25.4. The third-order valence-corrected chi connectivity index (χ3v) is 10.1. The van der Waals surface area contributed by atoms with Crippen molar-refractivity contribution in [1.29, 1.82) is 0 Å². The van der Waals surface area contributed by atoms with Gasteiger partial charge in [0.05, 0.1) is 23.1 Å². The van der Waals surface area contributed by atoms with Crippen LogP contribution in [0.25, 0.3) is 50.0 Å². The van der Waals surface area contributed by atoms with Crippen molar-refractivity contribution in [3.63, 3.8) is 0 Å². The number of H-pyrrole nitrogens is 2. The molecule has 38 heavy (non-hydrogen) atoms. The molecule has 0 bridgehead atoms. The van der Waals surface area contributed by atoms with Gasteiger partial charge >= 0.3 is 0 Å². The maximum absolute atomic E-state index is 12.8. The van der Waals surface area contributed by atoms with Gasteiger partial charge in [0.15, 0.2) is 5.65 Å². The number of amides is 1. The van der Waals surface area contributed by atoms with Crippen molar-refractivity contribution < 1.29 is 4.79 Å². The summed E-state index contributed by atoms with van der Waals surface area (Å²) < 4.78 is 4.46. The number of nitrogens with one attached hydrogen (secondary N) is 3. The molecule has 1 aliphatic carbocycles. The number of carbonyl (C=O) groups is 1. The first-order valence-electron chi connectivity index (χ1n) is 12.7. The van der Waals surface area contributed by atoms with Crippen LogP contribution in [0.3, 0.4) is 0 Å². The van der Waals surface area contributed by atoms with E-state index in [4.69, 9.17) is 0 Å². The van der Waals surface area contributed by atoms with E-state index in [1.807, 2.05) is 18.6 Å². The zero-order chi connectivity index (χ0) is 25.5.